The van der Waals surface area contributed by atoms with Crippen LogP contribution < -0.4 is 4.72 Å². The van der Waals surface area contributed by atoms with Gasteiger partial charge in [-0.1, -0.05) is 36.4 Å². The zero-order valence-electron chi connectivity index (χ0n) is 16.7. The molecule has 2 aromatic rings. The number of carbonyl (C=O) groups excluding carboxylic acids is 1. The molecule has 0 bridgehead atoms. The van der Waals surface area contributed by atoms with Crippen LogP contribution in [-0.4, -0.2) is 42.4 Å². The van der Waals surface area contributed by atoms with Crippen LogP contribution >= 0.6 is 0 Å². The summed E-state index contributed by atoms with van der Waals surface area (Å²) in [5.74, 6) is -1.41. The number of rotatable bonds is 7. The second-order valence-corrected chi connectivity index (χ2v) is 8.96. The van der Waals surface area contributed by atoms with E-state index in [4.69, 9.17) is 5.11 Å². The third kappa shape index (κ3) is 5.24. The molecule has 0 saturated carbocycles. The van der Waals surface area contributed by atoms with Crippen LogP contribution in [-0.2, 0) is 19.6 Å². The number of sulfonamides is 1. The van der Waals surface area contributed by atoms with Gasteiger partial charge < -0.3 is 5.11 Å². The van der Waals surface area contributed by atoms with E-state index in [0.717, 1.165) is 17.4 Å². The van der Waals surface area contributed by atoms with Gasteiger partial charge in [-0.25, -0.2) is 13.4 Å². The topological polar surface area (TPSA) is 116 Å². The molecular weight excluding hydrogens is 406 g/mol. The van der Waals surface area contributed by atoms with E-state index in [1.165, 1.54) is 5.01 Å². The lowest BCUT2D eigenvalue weighted by molar-refractivity contribution is -0.141. The Bertz CT molecular complexity index is 1110. The SMILES string of the molecule is Cc1ccccc1[C@H]1CC(c2cccc(NS(C)(=O)=O)c2)=NN1C(=O)CCC(=O)O. The number of aryl methyl sites for hydroxylation is 1. The van der Waals surface area contributed by atoms with Crippen LogP contribution in [0.15, 0.2) is 53.6 Å². The van der Waals surface area contributed by atoms with Crippen molar-refractivity contribution in [2.24, 2.45) is 5.10 Å². The molecule has 30 heavy (non-hydrogen) atoms. The van der Waals surface area contributed by atoms with E-state index in [1.54, 1.807) is 24.3 Å². The minimum Gasteiger partial charge on any atom is -0.481 e. The Balaban J connectivity index is 1.95. The van der Waals surface area contributed by atoms with Crippen molar-refractivity contribution in [3.63, 3.8) is 0 Å². The molecule has 2 N–H and O–H groups in total. The predicted octanol–water partition coefficient (Wildman–Crippen LogP) is 2.91. The van der Waals surface area contributed by atoms with Crippen molar-refractivity contribution in [3.05, 3.63) is 65.2 Å². The number of benzene rings is 2. The summed E-state index contributed by atoms with van der Waals surface area (Å²) >= 11 is 0. The first-order chi connectivity index (χ1) is 14.1. The van der Waals surface area contributed by atoms with Crippen molar-refractivity contribution in [2.45, 2.75) is 32.2 Å². The molecule has 0 radical (unpaired) electrons. The maximum absolute atomic E-state index is 12.7. The molecule has 3 rings (SSSR count). The highest BCUT2D eigenvalue weighted by Crippen LogP contribution is 2.35. The Hall–Kier alpha value is -3.20. The molecule has 1 atom stereocenters. The molecule has 8 nitrogen and oxygen atoms in total. The lowest BCUT2D eigenvalue weighted by Crippen LogP contribution is -2.27. The highest BCUT2D eigenvalue weighted by Gasteiger charge is 2.33. The first kappa shape index (κ1) is 21.5. The Morgan fingerprint density at radius 3 is 2.57 bits per heavy atom. The zero-order valence-corrected chi connectivity index (χ0v) is 17.5. The summed E-state index contributed by atoms with van der Waals surface area (Å²) in [6.45, 7) is 1.95. The Kier molecular flexibility index (Phi) is 6.21. The number of carboxylic acids is 1. The van der Waals surface area contributed by atoms with Gasteiger partial charge in [-0.15, -0.1) is 0 Å². The average molecular weight is 429 g/mol. The molecule has 0 saturated heterocycles. The van der Waals surface area contributed by atoms with Gasteiger partial charge in [0.1, 0.15) is 0 Å². The maximum Gasteiger partial charge on any atom is 0.303 e. The molecule has 1 amide bonds. The van der Waals surface area contributed by atoms with Crippen LogP contribution in [0.2, 0.25) is 0 Å². The van der Waals surface area contributed by atoms with E-state index in [9.17, 15) is 18.0 Å². The number of hydrazone groups is 1. The molecule has 9 heteroatoms. The minimum atomic E-state index is -3.43. The summed E-state index contributed by atoms with van der Waals surface area (Å²) in [7, 11) is -3.43. The quantitative estimate of drug-likeness (QED) is 0.702. The van der Waals surface area contributed by atoms with E-state index in [2.05, 4.69) is 9.82 Å². The second kappa shape index (κ2) is 8.66. The normalized spacial score (nSPS) is 16.3. The van der Waals surface area contributed by atoms with Crippen LogP contribution in [0.1, 0.15) is 42.0 Å². The van der Waals surface area contributed by atoms with Crippen molar-refractivity contribution < 1.29 is 23.1 Å². The summed E-state index contributed by atoms with van der Waals surface area (Å²) in [6.07, 6.45) is 1.09. The lowest BCUT2D eigenvalue weighted by atomic mass is 9.95. The van der Waals surface area contributed by atoms with Crippen molar-refractivity contribution in [1.82, 2.24) is 5.01 Å². The number of hydrogen-bond acceptors (Lipinski definition) is 5. The Labute approximate surface area is 175 Å². The standard InChI is InChI=1S/C21H23N3O5S/c1-14-6-3-4-9-17(14)19-13-18(22-24(19)20(25)10-11-21(26)27)15-7-5-8-16(12-15)23-30(2,28)29/h3-9,12,19,23H,10-11,13H2,1-2H3,(H,26,27)/t19-/m1/s1. The summed E-state index contributed by atoms with van der Waals surface area (Å²) in [5, 5.41) is 14.8. The number of nitrogens with zero attached hydrogens (tertiary/aromatic N) is 2. The third-order valence-corrected chi connectivity index (χ3v) is 5.37. The maximum atomic E-state index is 12.7. The van der Waals surface area contributed by atoms with Gasteiger partial charge in [0.05, 0.1) is 24.4 Å². The number of aliphatic carboxylic acids is 1. The molecule has 0 aliphatic carbocycles. The third-order valence-electron chi connectivity index (χ3n) is 4.77. The van der Waals surface area contributed by atoms with Gasteiger partial charge in [-0.05, 0) is 35.7 Å². The Morgan fingerprint density at radius 1 is 1.17 bits per heavy atom. The van der Waals surface area contributed by atoms with Gasteiger partial charge in [0, 0.05) is 18.5 Å². The molecule has 0 unspecified atom stereocenters. The number of carboxylic acid groups (broad SMARTS) is 1. The molecule has 1 aliphatic heterocycles. The van der Waals surface area contributed by atoms with Gasteiger partial charge in [0.25, 0.3) is 0 Å². The molecule has 158 valence electrons. The van der Waals surface area contributed by atoms with E-state index >= 15 is 0 Å². The fraction of sp³-hybridized carbons (Fsp3) is 0.286. The minimum absolute atomic E-state index is 0.149. The predicted molar refractivity (Wildman–Crippen MR) is 114 cm³/mol. The number of nitrogens with one attached hydrogen (secondary N) is 1. The molecule has 0 spiro atoms. The largest absolute Gasteiger partial charge is 0.481 e. The fourth-order valence-electron chi connectivity index (χ4n) is 3.42. The highest BCUT2D eigenvalue weighted by molar-refractivity contribution is 7.92. The van der Waals surface area contributed by atoms with Gasteiger partial charge in [0.15, 0.2) is 0 Å². The van der Waals surface area contributed by atoms with E-state index in [0.29, 0.717) is 23.4 Å². The molecule has 1 aliphatic rings. The van der Waals surface area contributed by atoms with Gasteiger partial charge in [0.2, 0.25) is 15.9 Å². The highest BCUT2D eigenvalue weighted by atomic mass is 32.2. The van der Waals surface area contributed by atoms with Crippen LogP contribution in [0, 0.1) is 6.92 Å². The Morgan fingerprint density at radius 2 is 1.90 bits per heavy atom. The van der Waals surface area contributed by atoms with Gasteiger partial charge in [-0.2, -0.15) is 5.10 Å². The molecule has 0 fully saturated rings. The molecule has 0 aromatic heterocycles. The number of hydrogen-bond donors (Lipinski definition) is 2. The van der Waals surface area contributed by atoms with Crippen LogP contribution in [0.4, 0.5) is 5.69 Å². The van der Waals surface area contributed by atoms with Crippen LogP contribution in [0.25, 0.3) is 0 Å². The number of carbonyl (C=O) groups is 2. The van der Waals surface area contributed by atoms with Crippen molar-refractivity contribution in [3.8, 4) is 0 Å². The van der Waals surface area contributed by atoms with Crippen molar-refractivity contribution in [2.75, 3.05) is 11.0 Å². The summed E-state index contributed by atoms with van der Waals surface area (Å²) < 4.78 is 25.5. The lowest BCUT2D eigenvalue weighted by Gasteiger charge is -2.23. The van der Waals surface area contributed by atoms with Gasteiger partial charge >= 0.3 is 5.97 Å². The first-order valence-corrected chi connectivity index (χ1v) is 11.3. The van der Waals surface area contributed by atoms with Crippen molar-refractivity contribution >= 4 is 33.3 Å². The zero-order chi connectivity index (χ0) is 21.9. The molecule has 2 aromatic carbocycles. The first-order valence-electron chi connectivity index (χ1n) is 9.39. The summed E-state index contributed by atoms with van der Waals surface area (Å²) in [6, 6.07) is 14.1. The average Bonchev–Trinajstić information content (AvgIpc) is 3.10. The number of amides is 1. The van der Waals surface area contributed by atoms with Crippen molar-refractivity contribution in [1.29, 1.82) is 0 Å². The fourth-order valence-corrected chi connectivity index (χ4v) is 3.98. The van der Waals surface area contributed by atoms with Crippen LogP contribution in [0.3, 0.4) is 0 Å². The summed E-state index contributed by atoms with van der Waals surface area (Å²) in [5.41, 5.74) is 3.66. The van der Waals surface area contributed by atoms with E-state index in [1.807, 2.05) is 31.2 Å². The van der Waals surface area contributed by atoms with Crippen LogP contribution in [0.5, 0.6) is 0 Å². The molecular formula is C21H23N3O5S. The summed E-state index contributed by atoms with van der Waals surface area (Å²) in [4.78, 5) is 23.6. The second-order valence-electron chi connectivity index (χ2n) is 7.21. The van der Waals surface area contributed by atoms with E-state index in [-0.39, 0.29) is 24.8 Å². The molecule has 1 heterocycles. The van der Waals surface area contributed by atoms with Gasteiger partial charge in [-0.3, -0.25) is 14.3 Å². The monoisotopic (exact) mass is 429 g/mol. The number of anilines is 1. The smallest absolute Gasteiger partial charge is 0.303 e. The van der Waals surface area contributed by atoms with E-state index < -0.39 is 16.0 Å².